The Morgan fingerprint density at radius 1 is 0.971 bits per heavy atom. The summed E-state index contributed by atoms with van der Waals surface area (Å²) in [7, 11) is 0. The molecule has 0 aliphatic carbocycles. The molecule has 4 amide bonds. The molecule has 0 saturated heterocycles. The lowest BCUT2D eigenvalue weighted by Crippen LogP contribution is -2.37. The van der Waals surface area contributed by atoms with Gasteiger partial charge in [0, 0.05) is 12.2 Å². The van der Waals surface area contributed by atoms with Crippen LogP contribution in [0.15, 0.2) is 58.6 Å². The highest BCUT2D eigenvalue weighted by Crippen LogP contribution is 2.11. The van der Waals surface area contributed by atoms with Gasteiger partial charge >= 0.3 is 29.6 Å². The zero-order valence-electron chi connectivity index (χ0n) is 18.3. The fourth-order valence-electron chi connectivity index (χ4n) is 2.35. The number of carbonyl (C=O) groups is 5. The van der Waals surface area contributed by atoms with Crippen LogP contribution >= 0.6 is 0 Å². The molecule has 1 aromatic heterocycles. The summed E-state index contributed by atoms with van der Waals surface area (Å²) in [5, 5.41) is 10.7. The van der Waals surface area contributed by atoms with E-state index < -0.39 is 29.6 Å². The molecule has 4 N–H and O–H groups in total. The van der Waals surface area contributed by atoms with Crippen LogP contribution in [0.25, 0.3) is 0 Å². The predicted molar refractivity (Wildman–Crippen MR) is 121 cm³/mol. The average Bonchev–Trinajstić information content (AvgIpc) is 3.29. The Hall–Kier alpha value is -4.74. The molecule has 178 valence electrons. The zero-order valence-corrected chi connectivity index (χ0v) is 18.3. The first-order chi connectivity index (χ1) is 16.3. The van der Waals surface area contributed by atoms with Gasteiger partial charge in [-0.1, -0.05) is 6.08 Å². The molecule has 0 fully saturated rings. The standard InChI is InChI=1S/C22H23N5O7/c1-3-11-23-19(29)21(31)27-25-13-17-10-9-16(34-17)12-24-18(28)20(30)26-15-7-5-14(6-8-15)22(32)33-4-2/h3,5-10,13H,1,4,11-12H2,2H3,(H,23,29)(H,24,28)(H,26,30)(H,27,31)/b25-13+. The van der Waals surface area contributed by atoms with Gasteiger partial charge in [0.25, 0.3) is 0 Å². The lowest BCUT2D eigenvalue weighted by atomic mass is 10.2. The third-order valence-electron chi connectivity index (χ3n) is 3.94. The van der Waals surface area contributed by atoms with Crippen molar-refractivity contribution < 1.29 is 33.1 Å². The van der Waals surface area contributed by atoms with Crippen molar-refractivity contribution >= 4 is 41.5 Å². The van der Waals surface area contributed by atoms with Gasteiger partial charge in [0.1, 0.15) is 11.5 Å². The van der Waals surface area contributed by atoms with Crippen molar-refractivity contribution in [1.82, 2.24) is 16.1 Å². The van der Waals surface area contributed by atoms with E-state index in [4.69, 9.17) is 9.15 Å². The monoisotopic (exact) mass is 469 g/mol. The Balaban J connectivity index is 1.79. The van der Waals surface area contributed by atoms with Crippen LogP contribution in [-0.2, 0) is 30.5 Å². The Kier molecular flexibility index (Phi) is 9.72. The van der Waals surface area contributed by atoms with E-state index in [1.807, 2.05) is 5.43 Å². The minimum absolute atomic E-state index is 0.0851. The molecule has 2 rings (SSSR count). The Morgan fingerprint density at radius 3 is 2.35 bits per heavy atom. The maximum Gasteiger partial charge on any atom is 0.338 e. The number of nitrogens with one attached hydrogen (secondary N) is 4. The molecular weight excluding hydrogens is 446 g/mol. The van der Waals surface area contributed by atoms with Gasteiger partial charge in [-0.05, 0) is 43.3 Å². The van der Waals surface area contributed by atoms with Crippen molar-refractivity contribution in [3.05, 3.63) is 66.1 Å². The number of esters is 1. The van der Waals surface area contributed by atoms with Crippen LogP contribution in [-0.4, -0.2) is 49.0 Å². The van der Waals surface area contributed by atoms with E-state index in [0.29, 0.717) is 17.0 Å². The molecule has 12 heteroatoms. The molecule has 0 saturated carbocycles. The van der Waals surface area contributed by atoms with E-state index in [-0.39, 0.29) is 25.5 Å². The Labute approximate surface area is 194 Å². The second kappa shape index (κ2) is 13.0. The summed E-state index contributed by atoms with van der Waals surface area (Å²) in [6.07, 6.45) is 2.59. The molecule has 2 aromatic rings. The quantitative estimate of drug-likeness (QED) is 0.136. The molecule has 1 aromatic carbocycles. The lowest BCUT2D eigenvalue weighted by Gasteiger charge is -2.06. The van der Waals surface area contributed by atoms with Crippen LogP contribution < -0.4 is 21.4 Å². The maximum absolute atomic E-state index is 12.0. The molecule has 0 unspecified atom stereocenters. The van der Waals surface area contributed by atoms with Crippen LogP contribution in [0.2, 0.25) is 0 Å². The van der Waals surface area contributed by atoms with Gasteiger partial charge in [-0.3, -0.25) is 19.2 Å². The van der Waals surface area contributed by atoms with Gasteiger partial charge in [-0.25, -0.2) is 10.2 Å². The summed E-state index contributed by atoms with van der Waals surface area (Å²) >= 11 is 0. The van der Waals surface area contributed by atoms with Crippen LogP contribution in [0, 0.1) is 0 Å². The molecular formula is C22H23N5O7. The number of hydrogen-bond acceptors (Lipinski definition) is 8. The molecule has 0 aliphatic heterocycles. The third-order valence-corrected chi connectivity index (χ3v) is 3.94. The smallest absolute Gasteiger partial charge is 0.338 e. The number of nitrogens with zero attached hydrogens (tertiary/aromatic N) is 1. The van der Waals surface area contributed by atoms with Gasteiger partial charge < -0.3 is 25.1 Å². The first-order valence-electron chi connectivity index (χ1n) is 10.0. The SMILES string of the molecule is C=CCNC(=O)C(=O)N/N=C/c1ccc(CNC(=O)C(=O)Nc2ccc(C(=O)OCC)cc2)o1. The van der Waals surface area contributed by atoms with Crippen LogP contribution in [0.4, 0.5) is 5.69 Å². The van der Waals surface area contributed by atoms with Gasteiger partial charge in [0.2, 0.25) is 0 Å². The number of hydrazone groups is 1. The van der Waals surface area contributed by atoms with Gasteiger partial charge in [0.05, 0.1) is 24.9 Å². The number of anilines is 1. The zero-order chi connectivity index (χ0) is 24.9. The summed E-state index contributed by atoms with van der Waals surface area (Å²) in [6, 6.07) is 8.92. The molecule has 0 bridgehead atoms. The van der Waals surface area contributed by atoms with Crippen molar-refractivity contribution in [2.75, 3.05) is 18.5 Å². The van der Waals surface area contributed by atoms with Crippen LogP contribution in [0.1, 0.15) is 28.8 Å². The predicted octanol–water partition coefficient (Wildman–Crippen LogP) is 0.464. The highest BCUT2D eigenvalue weighted by molar-refractivity contribution is 6.39. The maximum atomic E-state index is 12.0. The molecule has 0 spiro atoms. The fourth-order valence-corrected chi connectivity index (χ4v) is 2.35. The summed E-state index contributed by atoms with van der Waals surface area (Å²) in [6.45, 7) is 5.40. The van der Waals surface area contributed by atoms with Gasteiger partial charge in [0.15, 0.2) is 0 Å². The van der Waals surface area contributed by atoms with Crippen LogP contribution in [0.5, 0.6) is 0 Å². The van der Waals surface area contributed by atoms with E-state index in [2.05, 4.69) is 27.6 Å². The summed E-state index contributed by atoms with van der Waals surface area (Å²) in [5.74, 6) is -3.57. The highest BCUT2D eigenvalue weighted by atomic mass is 16.5. The number of rotatable bonds is 9. The molecule has 0 radical (unpaired) electrons. The lowest BCUT2D eigenvalue weighted by molar-refractivity contribution is -0.139. The average molecular weight is 469 g/mol. The van der Waals surface area contributed by atoms with E-state index in [9.17, 15) is 24.0 Å². The first-order valence-corrected chi connectivity index (χ1v) is 10.0. The van der Waals surface area contributed by atoms with Gasteiger partial charge in [-0.2, -0.15) is 5.10 Å². The molecule has 0 atom stereocenters. The van der Waals surface area contributed by atoms with Crippen LogP contribution in [0.3, 0.4) is 0 Å². The second-order valence-corrected chi connectivity index (χ2v) is 6.44. The number of benzene rings is 1. The number of furan rings is 1. The van der Waals surface area contributed by atoms with Crippen molar-refractivity contribution in [2.45, 2.75) is 13.5 Å². The molecule has 12 nitrogen and oxygen atoms in total. The number of amides is 4. The molecule has 34 heavy (non-hydrogen) atoms. The van der Waals surface area contributed by atoms with E-state index >= 15 is 0 Å². The fraction of sp³-hybridized carbons (Fsp3) is 0.182. The first kappa shape index (κ1) is 25.5. The number of hydrogen-bond donors (Lipinski definition) is 4. The Bertz CT molecular complexity index is 1090. The third kappa shape index (κ3) is 8.07. The topological polar surface area (TPSA) is 168 Å². The summed E-state index contributed by atoms with van der Waals surface area (Å²) < 4.78 is 10.3. The minimum atomic E-state index is -0.960. The number of ether oxygens (including phenoxy) is 1. The van der Waals surface area contributed by atoms with E-state index in [0.717, 1.165) is 6.21 Å². The number of carbonyl (C=O) groups excluding carboxylic acids is 5. The molecule has 1 heterocycles. The second-order valence-electron chi connectivity index (χ2n) is 6.44. The largest absolute Gasteiger partial charge is 0.462 e. The van der Waals surface area contributed by atoms with Crippen molar-refractivity contribution in [2.24, 2.45) is 5.10 Å². The minimum Gasteiger partial charge on any atom is -0.462 e. The van der Waals surface area contributed by atoms with Crippen molar-refractivity contribution in [3.63, 3.8) is 0 Å². The van der Waals surface area contributed by atoms with Crippen molar-refractivity contribution in [1.29, 1.82) is 0 Å². The van der Waals surface area contributed by atoms with E-state index in [1.165, 1.54) is 42.5 Å². The van der Waals surface area contributed by atoms with Crippen molar-refractivity contribution in [3.8, 4) is 0 Å². The molecule has 0 aliphatic rings. The summed E-state index contributed by atoms with van der Waals surface area (Å²) in [4.78, 5) is 58.5. The summed E-state index contributed by atoms with van der Waals surface area (Å²) in [5.41, 5.74) is 2.67. The highest BCUT2D eigenvalue weighted by Gasteiger charge is 2.15. The normalized spacial score (nSPS) is 10.3. The van der Waals surface area contributed by atoms with E-state index in [1.54, 1.807) is 6.92 Å². The Morgan fingerprint density at radius 2 is 1.68 bits per heavy atom. The van der Waals surface area contributed by atoms with Gasteiger partial charge in [-0.15, -0.1) is 6.58 Å².